The van der Waals surface area contributed by atoms with Crippen LogP contribution in [0.3, 0.4) is 0 Å². The van der Waals surface area contributed by atoms with Crippen molar-refractivity contribution in [1.29, 1.82) is 0 Å². The molecule has 26 heavy (non-hydrogen) atoms. The monoisotopic (exact) mass is 362 g/mol. The highest BCUT2D eigenvalue weighted by Crippen LogP contribution is 2.59. The van der Waals surface area contributed by atoms with Crippen LogP contribution in [0.5, 0.6) is 0 Å². The topological polar surface area (TPSA) is 94.8 Å². The highest BCUT2D eigenvalue weighted by molar-refractivity contribution is 5.87. The van der Waals surface area contributed by atoms with Crippen molar-refractivity contribution >= 4 is 11.9 Å². The zero-order valence-electron chi connectivity index (χ0n) is 15.6. The van der Waals surface area contributed by atoms with E-state index >= 15 is 0 Å². The summed E-state index contributed by atoms with van der Waals surface area (Å²) in [6.45, 7) is 3.53. The molecular formula is C21H30O5. The molecule has 4 unspecified atom stereocenters. The van der Waals surface area contributed by atoms with Crippen LogP contribution >= 0.6 is 0 Å². The molecule has 0 saturated heterocycles. The molecule has 1 aromatic rings. The van der Waals surface area contributed by atoms with Gasteiger partial charge in [0.15, 0.2) is 0 Å². The van der Waals surface area contributed by atoms with Gasteiger partial charge in [-0.1, -0.05) is 56.5 Å². The average Bonchev–Trinajstić information content (AvgIpc) is 2.60. The lowest BCUT2D eigenvalue weighted by Gasteiger charge is -2.53. The summed E-state index contributed by atoms with van der Waals surface area (Å²) in [6, 6.07) is 9.24. The van der Waals surface area contributed by atoms with E-state index in [9.17, 15) is 24.9 Å². The lowest BCUT2D eigenvalue weighted by molar-refractivity contribution is -0.193. The van der Waals surface area contributed by atoms with Crippen LogP contribution in [0.2, 0.25) is 0 Å². The maximum Gasteiger partial charge on any atom is 0.311 e. The number of aliphatic hydroxyl groups excluding tert-OH is 1. The molecule has 0 amide bonds. The summed E-state index contributed by atoms with van der Waals surface area (Å²) in [5.41, 5.74) is -2.07. The fraction of sp³-hybridized carbons (Fsp3) is 0.619. The van der Waals surface area contributed by atoms with Crippen LogP contribution in [0.15, 0.2) is 30.3 Å². The molecule has 0 bridgehead atoms. The van der Waals surface area contributed by atoms with Crippen molar-refractivity contribution in [3.63, 3.8) is 0 Å². The molecular weight excluding hydrogens is 332 g/mol. The standard InChI is InChI=1S/C21H30O5/c1-3-9-17(15(2)22)21(19(25)26)13-8-7-12-20(21,18(23)24)14-16-10-5-4-6-11-16/h4-6,10-11,15,17,22H,3,7-9,12-14H2,1-2H3,(H,23,24)(H,25,26). The van der Waals surface area contributed by atoms with Crippen molar-refractivity contribution in [2.75, 3.05) is 0 Å². The summed E-state index contributed by atoms with van der Waals surface area (Å²) in [5.74, 6) is -2.75. The van der Waals surface area contributed by atoms with Crippen molar-refractivity contribution in [2.24, 2.45) is 16.7 Å². The number of carboxylic acids is 2. The quantitative estimate of drug-likeness (QED) is 0.655. The van der Waals surface area contributed by atoms with Gasteiger partial charge in [-0.25, -0.2) is 0 Å². The van der Waals surface area contributed by atoms with Crippen LogP contribution in [0.1, 0.15) is 57.9 Å². The van der Waals surface area contributed by atoms with Gasteiger partial charge in [-0.2, -0.15) is 0 Å². The van der Waals surface area contributed by atoms with Crippen molar-refractivity contribution < 1.29 is 24.9 Å². The molecule has 0 radical (unpaired) electrons. The second kappa shape index (κ2) is 8.21. The maximum absolute atomic E-state index is 12.6. The molecule has 144 valence electrons. The SMILES string of the molecule is CCCC(C(C)O)C1(C(=O)O)CCCCC1(Cc1ccccc1)C(=O)O. The Kier molecular flexibility index (Phi) is 6.45. The number of aliphatic carboxylic acids is 2. The highest BCUT2D eigenvalue weighted by Gasteiger charge is 2.65. The molecule has 5 nitrogen and oxygen atoms in total. The predicted octanol–water partition coefficient (Wildman–Crippen LogP) is 3.74. The van der Waals surface area contributed by atoms with Gasteiger partial charge in [-0.05, 0) is 38.2 Å². The first-order valence-electron chi connectivity index (χ1n) is 9.50. The summed E-state index contributed by atoms with van der Waals surface area (Å²) < 4.78 is 0. The number of rotatable bonds is 8. The van der Waals surface area contributed by atoms with Crippen LogP contribution in [0, 0.1) is 16.7 Å². The Hall–Kier alpha value is -1.88. The van der Waals surface area contributed by atoms with Gasteiger partial charge in [0.05, 0.1) is 16.9 Å². The van der Waals surface area contributed by atoms with Gasteiger partial charge in [0.1, 0.15) is 0 Å². The van der Waals surface area contributed by atoms with Gasteiger partial charge in [-0.3, -0.25) is 9.59 Å². The number of aliphatic hydroxyl groups is 1. The van der Waals surface area contributed by atoms with E-state index in [4.69, 9.17) is 0 Å². The van der Waals surface area contributed by atoms with E-state index in [0.717, 1.165) is 5.56 Å². The summed E-state index contributed by atoms with van der Waals surface area (Å²) in [5, 5.41) is 31.0. The molecule has 0 aromatic heterocycles. The van der Waals surface area contributed by atoms with E-state index in [1.165, 1.54) is 0 Å². The third-order valence-corrected chi connectivity index (χ3v) is 6.23. The van der Waals surface area contributed by atoms with E-state index in [1.54, 1.807) is 6.92 Å². The molecule has 0 spiro atoms. The molecule has 2 rings (SSSR count). The highest BCUT2D eigenvalue weighted by atomic mass is 16.4. The first kappa shape index (κ1) is 20.4. The Balaban J connectivity index is 2.67. The van der Waals surface area contributed by atoms with Crippen LogP contribution in [0.4, 0.5) is 0 Å². The minimum atomic E-state index is -1.48. The molecule has 1 saturated carbocycles. The zero-order valence-corrected chi connectivity index (χ0v) is 15.6. The maximum atomic E-state index is 12.6. The Morgan fingerprint density at radius 1 is 1.08 bits per heavy atom. The van der Waals surface area contributed by atoms with E-state index < -0.39 is 34.8 Å². The molecule has 1 aromatic carbocycles. The third-order valence-electron chi connectivity index (χ3n) is 6.23. The summed E-state index contributed by atoms with van der Waals surface area (Å²) in [7, 11) is 0. The minimum Gasteiger partial charge on any atom is -0.481 e. The first-order valence-corrected chi connectivity index (χ1v) is 9.50. The van der Waals surface area contributed by atoms with Crippen LogP contribution in [0.25, 0.3) is 0 Å². The van der Waals surface area contributed by atoms with Crippen molar-refractivity contribution in [3.8, 4) is 0 Å². The number of carbonyl (C=O) groups is 2. The minimum absolute atomic E-state index is 0.169. The van der Waals surface area contributed by atoms with Gasteiger partial charge in [0, 0.05) is 5.92 Å². The molecule has 0 aliphatic heterocycles. The second-order valence-corrected chi connectivity index (χ2v) is 7.67. The molecule has 1 aliphatic rings. The molecule has 1 aliphatic carbocycles. The molecule has 3 N–H and O–H groups in total. The number of hydrogen-bond acceptors (Lipinski definition) is 3. The van der Waals surface area contributed by atoms with Crippen LogP contribution in [-0.4, -0.2) is 33.4 Å². The number of hydrogen-bond donors (Lipinski definition) is 3. The predicted molar refractivity (Wildman–Crippen MR) is 98.8 cm³/mol. The fourth-order valence-electron chi connectivity index (χ4n) is 5.08. The van der Waals surface area contributed by atoms with E-state index in [2.05, 4.69) is 0 Å². The van der Waals surface area contributed by atoms with Gasteiger partial charge < -0.3 is 15.3 Å². The summed E-state index contributed by atoms with van der Waals surface area (Å²) in [6.07, 6.45) is 2.45. The van der Waals surface area contributed by atoms with E-state index in [1.807, 2.05) is 37.3 Å². The summed E-state index contributed by atoms with van der Waals surface area (Å²) in [4.78, 5) is 25.2. The van der Waals surface area contributed by atoms with Gasteiger partial charge in [-0.15, -0.1) is 0 Å². The van der Waals surface area contributed by atoms with Crippen LogP contribution in [-0.2, 0) is 16.0 Å². The van der Waals surface area contributed by atoms with Crippen molar-refractivity contribution in [3.05, 3.63) is 35.9 Å². The Morgan fingerprint density at radius 3 is 2.19 bits per heavy atom. The number of carboxylic acid groups (broad SMARTS) is 2. The second-order valence-electron chi connectivity index (χ2n) is 7.67. The number of benzene rings is 1. The Morgan fingerprint density at radius 2 is 1.69 bits per heavy atom. The summed E-state index contributed by atoms with van der Waals surface area (Å²) >= 11 is 0. The van der Waals surface area contributed by atoms with Crippen molar-refractivity contribution in [1.82, 2.24) is 0 Å². The first-order chi connectivity index (χ1) is 12.3. The normalized spacial score (nSPS) is 28.3. The Labute approximate surface area is 155 Å². The molecule has 5 heteroatoms. The van der Waals surface area contributed by atoms with Gasteiger partial charge >= 0.3 is 11.9 Å². The lowest BCUT2D eigenvalue weighted by atomic mass is 9.48. The lowest BCUT2D eigenvalue weighted by Crippen LogP contribution is -2.61. The molecule has 1 fully saturated rings. The van der Waals surface area contributed by atoms with Crippen LogP contribution < -0.4 is 0 Å². The Bertz CT molecular complexity index is 627. The van der Waals surface area contributed by atoms with Gasteiger partial charge in [0.25, 0.3) is 0 Å². The third kappa shape index (κ3) is 3.37. The molecule has 0 heterocycles. The van der Waals surface area contributed by atoms with E-state index in [0.29, 0.717) is 32.1 Å². The van der Waals surface area contributed by atoms with E-state index in [-0.39, 0.29) is 12.8 Å². The largest absolute Gasteiger partial charge is 0.481 e. The van der Waals surface area contributed by atoms with Gasteiger partial charge in [0.2, 0.25) is 0 Å². The molecule has 4 atom stereocenters. The fourth-order valence-corrected chi connectivity index (χ4v) is 5.08. The smallest absolute Gasteiger partial charge is 0.311 e. The zero-order chi connectivity index (χ0) is 19.4. The average molecular weight is 362 g/mol. The van der Waals surface area contributed by atoms with Crippen molar-refractivity contribution in [2.45, 2.75) is 64.9 Å².